The number of hydrogen-bond donors (Lipinski definition) is 0. The van der Waals surface area contributed by atoms with Crippen LogP contribution in [0.25, 0.3) is 5.69 Å². The van der Waals surface area contributed by atoms with Gasteiger partial charge in [-0.25, -0.2) is 13.5 Å². The van der Waals surface area contributed by atoms with Crippen LogP contribution in [-0.2, 0) is 6.18 Å². The molecule has 2 aromatic rings. The van der Waals surface area contributed by atoms with Crippen LogP contribution in [0.3, 0.4) is 0 Å². The SMILES string of the molecule is FC(F)c1cnn(-c2ccccc2C(F)(F)F)c1N1CCC2(C=CC2)CC1. The van der Waals surface area contributed by atoms with Crippen LogP contribution in [-0.4, -0.2) is 22.9 Å². The van der Waals surface area contributed by atoms with Gasteiger partial charge in [-0.15, -0.1) is 0 Å². The number of aromatic nitrogens is 2. The Morgan fingerprint density at radius 3 is 2.30 bits per heavy atom. The Balaban J connectivity index is 1.77. The summed E-state index contributed by atoms with van der Waals surface area (Å²) in [6.45, 7) is 1.01. The van der Waals surface area contributed by atoms with Gasteiger partial charge in [0, 0.05) is 13.1 Å². The third-order valence-electron chi connectivity index (χ3n) is 5.50. The monoisotopic (exact) mass is 383 g/mol. The van der Waals surface area contributed by atoms with Crippen molar-refractivity contribution in [3.63, 3.8) is 0 Å². The first kappa shape index (κ1) is 18.0. The summed E-state index contributed by atoms with van der Waals surface area (Å²) in [4.78, 5) is 1.74. The lowest BCUT2D eigenvalue weighted by Gasteiger charge is -2.44. The second-order valence-corrected chi connectivity index (χ2v) is 7.11. The number of halogens is 5. The van der Waals surface area contributed by atoms with Crippen LogP contribution in [0.1, 0.15) is 36.8 Å². The fraction of sp³-hybridized carbons (Fsp3) is 0.421. The molecule has 1 spiro atoms. The molecule has 2 heterocycles. The molecule has 0 N–H and O–H groups in total. The molecule has 27 heavy (non-hydrogen) atoms. The molecule has 0 amide bonds. The molecular weight excluding hydrogens is 365 g/mol. The van der Waals surface area contributed by atoms with Crippen molar-refractivity contribution >= 4 is 5.82 Å². The van der Waals surface area contributed by atoms with Crippen molar-refractivity contribution in [2.75, 3.05) is 18.0 Å². The molecule has 1 aromatic carbocycles. The number of hydrogen-bond acceptors (Lipinski definition) is 2. The van der Waals surface area contributed by atoms with Crippen molar-refractivity contribution in [3.05, 3.63) is 53.7 Å². The lowest BCUT2D eigenvalue weighted by molar-refractivity contribution is -0.137. The van der Waals surface area contributed by atoms with Gasteiger partial charge in [-0.05, 0) is 36.8 Å². The third kappa shape index (κ3) is 3.11. The van der Waals surface area contributed by atoms with Crippen LogP contribution in [0, 0.1) is 5.41 Å². The summed E-state index contributed by atoms with van der Waals surface area (Å²) in [5.41, 5.74) is -1.36. The number of para-hydroxylation sites is 1. The Bertz CT molecular complexity index is 860. The van der Waals surface area contributed by atoms with E-state index in [2.05, 4.69) is 17.3 Å². The summed E-state index contributed by atoms with van der Waals surface area (Å²) >= 11 is 0. The van der Waals surface area contributed by atoms with E-state index in [0.717, 1.165) is 36.2 Å². The summed E-state index contributed by atoms with van der Waals surface area (Å²) < 4.78 is 68.4. The summed E-state index contributed by atoms with van der Waals surface area (Å²) in [6, 6.07) is 4.92. The molecule has 0 saturated carbocycles. The molecule has 3 nitrogen and oxygen atoms in total. The number of rotatable bonds is 3. The maximum atomic E-state index is 13.6. The number of nitrogens with zero attached hydrogens (tertiary/aromatic N) is 3. The minimum absolute atomic E-state index is 0.0554. The minimum atomic E-state index is -4.60. The molecule has 0 radical (unpaired) electrons. The maximum Gasteiger partial charge on any atom is 0.418 e. The largest absolute Gasteiger partial charge is 0.418 e. The van der Waals surface area contributed by atoms with Gasteiger partial charge < -0.3 is 4.90 Å². The molecular formula is C19H18F5N3. The highest BCUT2D eigenvalue weighted by Crippen LogP contribution is 2.45. The van der Waals surface area contributed by atoms with Crippen molar-refractivity contribution in [2.24, 2.45) is 5.41 Å². The second-order valence-electron chi connectivity index (χ2n) is 7.11. The normalized spacial score (nSPS) is 19.0. The van der Waals surface area contributed by atoms with E-state index in [1.54, 1.807) is 4.90 Å². The topological polar surface area (TPSA) is 21.1 Å². The first-order valence-corrected chi connectivity index (χ1v) is 8.76. The number of piperidine rings is 1. The molecule has 0 unspecified atom stereocenters. The van der Waals surface area contributed by atoms with Crippen LogP contribution >= 0.6 is 0 Å². The van der Waals surface area contributed by atoms with Crippen LogP contribution < -0.4 is 4.90 Å². The van der Waals surface area contributed by atoms with E-state index in [9.17, 15) is 22.0 Å². The predicted molar refractivity (Wildman–Crippen MR) is 91.2 cm³/mol. The third-order valence-corrected chi connectivity index (χ3v) is 5.50. The fourth-order valence-corrected chi connectivity index (χ4v) is 3.89. The van der Waals surface area contributed by atoms with Gasteiger partial charge in [-0.1, -0.05) is 24.3 Å². The smallest absolute Gasteiger partial charge is 0.356 e. The zero-order chi connectivity index (χ0) is 19.2. The Morgan fingerprint density at radius 2 is 1.74 bits per heavy atom. The first-order chi connectivity index (χ1) is 12.8. The highest BCUT2D eigenvalue weighted by molar-refractivity contribution is 5.56. The molecule has 0 atom stereocenters. The summed E-state index contributed by atoms with van der Waals surface area (Å²) in [5, 5.41) is 3.91. The number of alkyl halides is 5. The zero-order valence-corrected chi connectivity index (χ0v) is 14.4. The number of allylic oxidation sites excluding steroid dienone is 2. The molecule has 8 heteroatoms. The highest BCUT2D eigenvalue weighted by Gasteiger charge is 2.39. The van der Waals surface area contributed by atoms with Crippen LogP contribution in [0.2, 0.25) is 0 Å². The Hall–Kier alpha value is -2.38. The summed E-state index contributed by atoms with van der Waals surface area (Å²) in [7, 11) is 0. The van der Waals surface area contributed by atoms with Crippen LogP contribution in [0.5, 0.6) is 0 Å². The second kappa shape index (κ2) is 6.35. The molecule has 1 saturated heterocycles. The molecule has 1 aromatic heterocycles. The van der Waals surface area contributed by atoms with Crippen molar-refractivity contribution in [2.45, 2.75) is 31.9 Å². The lowest BCUT2D eigenvalue weighted by Crippen LogP contribution is -2.42. The van der Waals surface area contributed by atoms with Gasteiger partial charge in [0.05, 0.1) is 23.0 Å². The molecule has 0 bridgehead atoms. The maximum absolute atomic E-state index is 13.6. The Kier molecular flexibility index (Phi) is 4.24. The summed E-state index contributed by atoms with van der Waals surface area (Å²) in [6.07, 6.45) is 0.341. The van der Waals surface area contributed by atoms with E-state index >= 15 is 0 Å². The molecule has 1 aliphatic heterocycles. The Labute approximate surface area is 153 Å². The van der Waals surface area contributed by atoms with Crippen LogP contribution in [0.4, 0.5) is 27.8 Å². The molecule has 4 rings (SSSR count). The highest BCUT2D eigenvalue weighted by atomic mass is 19.4. The number of anilines is 1. The average molecular weight is 383 g/mol. The molecule has 144 valence electrons. The van der Waals surface area contributed by atoms with Crippen molar-refractivity contribution in [1.82, 2.24) is 9.78 Å². The Morgan fingerprint density at radius 1 is 1.07 bits per heavy atom. The van der Waals surface area contributed by atoms with Crippen molar-refractivity contribution < 1.29 is 22.0 Å². The molecule has 2 aliphatic rings. The standard InChI is InChI=1S/C19H18F5N3/c20-16(21)13-12-25-27(15-5-2-1-4-14(15)19(22,23)24)17(13)26-10-8-18(9-11-26)6-3-7-18/h1-6,12,16H,7-11H2. The average Bonchev–Trinajstić information content (AvgIpc) is 3.05. The van der Waals surface area contributed by atoms with E-state index in [0.29, 0.717) is 13.1 Å². The van der Waals surface area contributed by atoms with Gasteiger partial charge in [-0.3, -0.25) is 0 Å². The van der Waals surface area contributed by atoms with E-state index in [-0.39, 0.29) is 22.5 Å². The van der Waals surface area contributed by atoms with Crippen molar-refractivity contribution in [1.29, 1.82) is 0 Å². The predicted octanol–water partition coefficient (Wildman–Crippen LogP) is 5.38. The fourth-order valence-electron chi connectivity index (χ4n) is 3.89. The first-order valence-electron chi connectivity index (χ1n) is 8.76. The number of benzene rings is 1. The van der Waals surface area contributed by atoms with E-state index in [1.165, 1.54) is 18.2 Å². The van der Waals surface area contributed by atoms with Gasteiger partial charge in [0.25, 0.3) is 6.43 Å². The lowest BCUT2D eigenvalue weighted by atomic mass is 9.69. The van der Waals surface area contributed by atoms with Gasteiger partial charge in [0.15, 0.2) is 0 Å². The zero-order valence-electron chi connectivity index (χ0n) is 14.4. The molecule has 1 aliphatic carbocycles. The van der Waals surface area contributed by atoms with E-state index < -0.39 is 18.2 Å². The van der Waals surface area contributed by atoms with Crippen molar-refractivity contribution in [3.8, 4) is 5.69 Å². The summed E-state index contributed by atoms with van der Waals surface area (Å²) in [5.74, 6) is 0.0554. The molecule has 1 fully saturated rings. The van der Waals surface area contributed by atoms with E-state index in [1.807, 2.05) is 0 Å². The quantitative estimate of drug-likeness (QED) is 0.525. The van der Waals surface area contributed by atoms with Gasteiger partial charge >= 0.3 is 6.18 Å². The van der Waals surface area contributed by atoms with Crippen LogP contribution in [0.15, 0.2) is 42.6 Å². The van der Waals surface area contributed by atoms with Gasteiger partial charge in [0.1, 0.15) is 5.82 Å². The van der Waals surface area contributed by atoms with Gasteiger partial charge in [-0.2, -0.15) is 18.3 Å². The van der Waals surface area contributed by atoms with E-state index in [4.69, 9.17) is 0 Å². The minimum Gasteiger partial charge on any atom is -0.356 e. The van der Waals surface area contributed by atoms with Gasteiger partial charge in [0.2, 0.25) is 0 Å².